The molecule has 0 aliphatic heterocycles. The predicted octanol–water partition coefficient (Wildman–Crippen LogP) is 2.75. The maximum Gasteiger partial charge on any atom is 0.323 e. The molecule has 0 bridgehead atoms. The van der Waals surface area contributed by atoms with Gasteiger partial charge in [-0.2, -0.15) is 0 Å². The average molecular weight is 310 g/mol. The third-order valence-electron chi connectivity index (χ3n) is 4.06. The second kappa shape index (κ2) is 6.20. The zero-order chi connectivity index (χ0) is 16.4. The van der Waals surface area contributed by atoms with E-state index in [4.69, 9.17) is 5.11 Å². The first-order valence-corrected chi connectivity index (χ1v) is 7.61. The number of benzene rings is 1. The molecule has 0 atom stereocenters. The van der Waals surface area contributed by atoms with Crippen molar-refractivity contribution in [3.05, 3.63) is 53.7 Å². The van der Waals surface area contributed by atoms with Gasteiger partial charge in [0.05, 0.1) is 5.69 Å². The minimum Gasteiger partial charge on any atom is -0.480 e. The van der Waals surface area contributed by atoms with Crippen molar-refractivity contribution in [1.29, 1.82) is 0 Å². The molecule has 1 heterocycles. The van der Waals surface area contributed by atoms with Gasteiger partial charge in [0.1, 0.15) is 6.54 Å². The molecule has 3 rings (SSSR count). The van der Waals surface area contributed by atoms with Crippen molar-refractivity contribution in [3.63, 3.8) is 0 Å². The van der Waals surface area contributed by atoms with Crippen molar-refractivity contribution in [3.8, 4) is 11.3 Å². The quantitative estimate of drug-likeness (QED) is 0.922. The highest BCUT2D eigenvalue weighted by Crippen LogP contribution is 2.30. The summed E-state index contributed by atoms with van der Waals surface area (Å²) < 4.78 is 0. The molecule has 0 saturated heterocycles. The number of aliphatic carboxylic acids is 1. The normalized spacial score (nSPS) is 13.6. The molecule has 1 aromatic carbocycles. The van der Waals surface area contributed by atoms with E-state index in [0.717, 1.165) is 29.7 Å². The van der Waals surface area contributed by atoms with E-state index in [9.17, 15) is 9.59 Å². The second-order valence-electron chi connectivity index (χ2n) is 5.75. The van der Waals surface area contributed by atoms with Gasteiger partial charge in [-0.3, -0.25) is 14.6 Å². The van der Waals surface area contributed by atoms with Crippen molar-refractivity contribution in [2.45, 2.75) is 25.8 Å². The van der Waals surface area contributed by atoms with E-state index in [0.29, 0.717) is 5.56 Å². The van der Waals surface area contributed by atoms with E-state index in [2.05, 4.69) is 4.98 Å². The number of aromatic nitrogens is 1. The Morgan fingerprint density at radius 3 is 2.61 bits per heavy atom. The van der Waals surface area contributed by atoms with Crippen LogP contribution in [-0.2, 0) is 4.79 Å². The van der Waals surface area contributed by atoms with E-state index in [-0.39, 0.29) is 18.5 Å². The summed E-state index contributed by atoms with van der Waals surface area (Å²) >= 11 is 0. The number of nitrogens with zero attached hydrogens (tertiary/aromatic N) is 2. The minimum absolute atomic E-state index is 0.0523. The van der Waals surface area contributed by atoms with Crippen LogP contribution in [0.2, 0.25) is 0 Å². The average Bonchev–Trinajstić information content (AvgIpc) is 3.38. The molecule has 0 radical (unpaired) electrons. The fourth-order valence-electron chi connectivity index (χ4n) is 2.72. The highest BCUT2D eigenvalue weighted by molar-refractivity contribution is 5.99. The van der Waals surface area contributed by atoms with Crippen LogP contribution >= 0.6 is 0 Å². The summed E-state index contributed by atoms with van der Waals surface area (Å²) in [4.78, 5) is 29.7. The number of carboxylic acid groups (broad SMARTS) is 1. The molecule has 0 spiro atoms. The fourth-order valence-corrected chi connectivity index (χ4v) is 2.72. The van der Waals surface area contributed by atoms with E-state index in [1.165, 1.54) is 4.90 Å². The maximum atomic E-state index is 12.8. The lowest BCUT2D eigenvalue weighted by Gasteiger charge is -2.22. The monoisotopic (exact) mass is 310 g/mol. The Hall–Kier alpha value is -2.69. The number of carboxylic acids is 1. The van der Waals surface area contributed by atoms with Gasteiger partial charge >= 0.3 is 5.97 Å². The summed E-state index contributed by atoms with van der Waals surface area (Å²) in [6, 6.07) is 11.2. The summed E-state index contributed by atoms with van der Waals surface area (Å²) in [5.74, 6) is -1.20. The molecule has 1 N–H and O–H groups in total. The number of carbonyl (C=O) groups is 2. The second-order valence-corrected chi connectivity index (χ2v) is 5.75. The van der Waals surface area contributed by atoms with Crippen LogP contribution in [0.25, 0.3) is 11.3 Å². The van der Waals surface area contributed by atoms with Crippen molar-refractivity contribution < 1.29 is 14.7 Å². The van der Waals surface area contributed by atoms with E-state index in [1.807, 2.05) is 37.3 Å². The molecule has 5 heteroatoms. The Kier molecular flexibility index (Phi) is 4.10. The highest BCUT2D eigenvalue weighted by atomic mass is 16.4. The van der Waals surface area contributed by atoms with Gasteiger partial charge in [-0.05, 0) is 43.5 Å². The molecule has 1 amide bonds. The van der Waals surface area contributed by atoms with Gasteiger partial charge in [-0.15, -0.1) is 0 Å². The summed E-state index contributed by atoms with van der Waals surface area (Å²) in [6.07, 6.45) is 3.46. The molecule has 5 nitrogen and oxygen atoms in total. The van der Waals surface area contributed by atoms with Crippen molar-refractivity contribution in [2.75, 3.05) is 6.54 Å². The van der Waals surface area contributed by atoms with Crippen LogP contribution in [0, 0.1) is 6.92 Å². The standard InChI is InChI=1S/C18H18N2O3/c1-12-14(16-7-2-3-10-19-16)5-4-6-15(12)18(23)20(11-17(21)22)13-8-9-13/h2-7,10,13H,8-9,11H2,1H3,(H,21,22). The summed E-state index contributed by atoms with van der Waals surface area (Å²) in [6.45, 7) is 1.62. The molecule has 1 fully saturated rings. The van der Waals surface area contributed by atoms with E-state index >= 15 is 0 Å². The molecule has 1 saturated carbocycles. The van der Waals surface area contributed by atoms with Gasteiger partial charge in [0.2, 0.25) is 0 Å². The third-order valence-corrected chi connectivity index (χ3v) is 4.06. The molecule has 1 aliphatic rings. The number of carbonyl (C=O) groups excluding carboxylic acids is 1. The Bertz CT molecular complexity index is 739. The first-order chi connectivity index (χ1) is 11.1. The Morgan fingerprint density at radius 1 is 1.22 bits per heavy atom. The van der Waals surface area contributed by atoms with Gasteiger partial charge in [-0.1, -0.05) is 18.2 Å². The smallest absolute Gasteiger partial charge is 0.323 e. The van der Waals surface area contributed by atoms with Crippen LogP contribution in [0.5, 0.6) is 0 Å². The summed E-state index contributed by atoms with van der Waals surface area (Å²) in [5.41, 5.74) is 3.06. The van der Waals surface area contributed by atoms with E-state index in [1.54, 1.807) is 12.3 Å². The molecule has 1 aliphatic carbocycles. The molecule has 1 aromatic heterocycles. The zero-order valence-corrected chi connectivity index (χ0v) is 12.9. The molecule has 23 heavy (non-hydrogen) atoms. The maximum absolute atomic E-state index is 12.8. The lowest BCUT2D eigenvalue weighted by molar-refractivity contribution is -0.137. The molecule has 2 aromatic rings. The first-order valence-electron chi connectivity index (χ1n) is 7.61. The van der Waals surface area contributed by atoms with Gasteiger partial charge < -0.3 is 10.0 Å². The third kappa shape index (κ3) is 3.23. The Labute approximate surface area is 134 Å². The van der Waals surface area contributed by atoms with Crippen LogP contribution in [0.3, 0.4) is 0 Å². The van der Waals surface area contributed by atoms with Crippen LogP contribution < -0.4 is 0 Å². The topological polar surface area (TPSA) is 70.5 Å². The van der Waals surface area contributed by atoms with Crippen molar-refractivity contribution in [2.24, 2.45) is 0 Å². The summed E-state index contributed by atoms with van der Waals surface area (Å²) in [5, 5.41) is 9.05. The van der Waals surface area contributed by atoms with Crippen molar-refractivity contribution in [1.82, 2.24) is 9.88 Å². The van der Waals surface area contributed by atoms with Gasteiger partial charge in [0.15, 0.2) is 0 Å². The number of amides is 1. The van der Waals surface area contributed by atoms with Crippen LogP contribution in [-0.4, -0.2) is 39.5 Å². The Morgan fingerprint density at radius 2 is 2.00 bits per heavy atom. The van der Waals surface area contributed by atoms with Crippen molar-refractivity contribution >= 4 is 11.9 Å². The SMILES string of the molecule is Cc1c(C(=O)N(CC(=O)O)C2CC2)cccc1-c1ccccn1. The first kappa shape index (κ1) is 15.2. The largest absolute Gasteiger partial charge is 0.480 e. The zero-order valence-electron chi connectivity index (χ0n) is 12.9. The number of rotatable bonds is 5. The molecule has 0 unspecified atom stereocenters. The fraction of sp³-hybridized carbons (Fsp3) is 0.278. The number of hydrogen-bond acceptors (Lipinski definition) is 3. The van der Waals surface area contributed by atoms with Gasteiger partial charge in [0, 0.05) is 23.4 Å². The number of hydrogen-bond donors (Lipinski definition) is 1. The number of pyridine rings is 1. The molecular formula is C18H18N2O3. The lowest BCUT2D eigenvalue weighted by Crippen LogP contribution is -2.37. The van der Waals surface area contributed by atoms with E-state index < -0.39 is 5.97 Å². The molecular weight excluding hydrogens is 292 g/mol. The van der Waals surface area contributed by atoms with Crippen LogP contribution in [0.15, 0.2) is 42.6 Å². The highest BCUT2D eigenvalue weighted by Gasteiger charge is 2.35. The summed E-state index contributed by atoms with van der Waals surface area (Å²) in [7, 11) is 0. The van der Waals surface area contributed by atoms with Crippen LogP contribution in [0.4, 0.5) is 0 Å². The lowest BCUT2D eigenvalue weighted by atomic mass is 9.98. The van der Waals surface area contributed by atoms with Gasteiger partial charge in [-0.25, -0.2) is 0 Å². The predicted molar refractivity (Wildman–Crippen MR) is 86.1 cm³/mol. The molecule has 118 valence electrons. The van der Waals surface area contributed by atoms with Crippen LogP contribution in [0.1, 0.15) is 28.8 Å². The Balaban J connectivity index is 1.96. The van der Waals surface area contributed by atoms with Gasteiger partial charge in [0.25, 0.3) is 5.91 Å². The minimum atomic E-state index is -0.983.